The summed E-state index contributed by atoms with van der Waals surface area (Å²) in [7, 11) is 0. The molecule has 1 N–H and O–H groups in total. The fourth-order valence-electron chi connectivity index (χ4n) is 3.16. The van der Waals surface area contributed by atoms with Crippen molar-refractivity contribution in [2.45, 2.75) is 56.6 Å². The molecule has 0 bridgehead atoms. The quantitative estimate of drug-likeness (QED) is 0.603. The molecule has 0 saturated heterocycles. The Morgan fingerprint density at radius 1 is 1.36 bits per heavy atom. The van der Waals surface area contributed by atoms with Gasteiger partial charge in [0.25, 0.3) is 0 Å². The third-order valence-electron chi connectivity index (χ3n) is 4.40. The summed E-state index contributed by atoms with van der Waals surface area (Å²) in [4.78, 5) is 16.1. The van der Waals surface area contributed by atoms with Crippen LogP contribution in [0.3, 0.4) is 0 Å². The van der Waals surface area contributed by atoms with Crippen molar-refractivity contribution in [1.29, 1.82) is 0 Å². The van der Waals surface area contributed by atoms with E-state index >= 15 is 0 Å². The van der Waals surface area contributed by atoms with Gasteiger partial charge < -0.3 is 9.88 Å². The molecule has 1 saturated carbocycles. The Kier molecular flexibility index (Phi) is 6.31. The first kappa shape index (κ1) is 18.2. The Labute approximate surface area is 156 Å². The molecule has 1 aliphatic rings. The first-order valence-electron chi connectivity index (χ1n) is 8.65. The van der Waals surface area contributed by atoms with Gasteiger partial charge in [-0.25, -0.2) is 4.98 Å². The van der Waals surface area contributed by atoms with Gasteiger partial charge in [0, 0.05) is 18.7 Å². The Bertz CT molecular complexity index is 730. The first-order chi connectivity index (χ1) is 12.2. The number of hydrogen-bond donors (Lipinski definition) is 1. The smallest absolute Gasteiger partial charge is 0.234 e. The van der Waals surface area contributed by atoms with Crippen LogP contribution in [0.1, 0.15) is 50.8 Å². The second kappa shape index (κ2) is 8.67. The van der Waals surface area contributed by atoms with Crippen LogP contribution in [-0.2, 0) is 11.3 Å². The number of thioether (sulfide) groups is 1. The maximum atomic E-state index is 12.2. The lowest BCUT2D eigenvalue weighted by Gasteiger charge is -2.21. The standard InChI is InChI=1S/C17H22ClN5OS/c1-2-23-16(12-7-4-3-5-8-12)21-22-17(23)25-11-14(24)20-13-9-6-10-19-15(13)18/h6,9-10,12H,2-5,7-8,11H2,1H3,(H,20,24). The highest BCUT2D eigenvalue weighted by Gasteiger charge is 2.23. The Morgan fingerprint density at radius 2 is 2.16 bits per heavy atom. The number of hydrogen-bond acceptors (Lipinski definition) is 5. The number of anilines is 1. The van der Waals surface area contributed by atoms with Crippen LogP contribution in [0.15, 0.2) is 23.5 Å². The summed E-state index contributed by atoms with van der Waals surface area (Å²) >= 11 is 7.37. The molecule has 8 heteroatoms. The third kappa shape index (κ3) is 4.52. The number of aromatic nitrogens is 4. The van der Waals surface area contributed by atoms with Crippen molar-refractivity contribution < 1.29 is 4.79 Å². The summed E-state index contributed by atoms with van der Waals surface area (Å²) in [5, 5.41) is 12.6. The van der Waals surface area contributed by atoms with Crippen LogP contribution >= 0.6 is 23.4 Å². The zero-order valence-corrected chi connectivity index (χ0v) is 15.8. The van der Waals surface area contributed by atoms with Crippen LogP contribution in [0.2, 0.25) is 5.15 Å². The van der Waals surface area contributed by atoms with E-state index < -0.39 is 0 Å². The summed E-state index contributed by atoms with van der Waals surface area (Å²) in [5.74, 6) is 1.69. The van der Waals surface area contributed by atoms with Crippen molar-refractivity contribution >= 4 is 35.0 Å². The molecule has 25 heavy (non-hydrogen) atoms. The maximum Gasteiger partial charge on any atom is 0.234 e. The number of nitrogens with zero attached hydrogens (tertiary/aromatic N) is 4. The van der Waals surface area contributed by atoms with Crippen molar-refractivity contribution in [2.24, 2.45) is 0 Å². The Morgan fingerprint density at radius 3 is 2.88 bits per heavy atom. The van der Waals surface area contributed by atoms with E-state index in [-0.39, 0.29) is 16.8 Å². The van der Waals surface area contributed by atoms with Gasteiger partial charge in [0.1, 0.15) is 5.82 Å². The molecule has 0 radical (unpaired) electrons. The monoisotopic (exact) mass is 379 g/mol. The van der Waals surface area contributed by atoms with Gasteiger partial charge in [-0.05, 0) is 31.9 Å². The van der Waals surface area contributed by atoms with Crippen LogP contribution in [-0.4, -0.2) is 31.4 Å². The van der Waals surface area contributed by atoms with Gasteiger partial charge in [0.2, 0.25) is 5.91 Å². The predicted octanol–water partition coefficient (Wildman–Crippen LogP) is 4.12. The molecule has 3 rings (SSSR count). The molecule has 1 aliphatic carbocycles. The SMILES string of the molecule is CCn1c(SCC(=O)Nc2cccnc2Cl)nnc1C1CCCCC1. The molecule has 2 aromatic rings. The second-order valence-corrected chi connectivity index (χ2v) is 7.40. The van der Waals surface area contributed by atoms with Gasteiger partial charge in [0.15, 0.2) is 10.3 Å². The molecular weight excluding hydrogens is 358 g/mol. The molecule has 2 aromatic heterocycles. The van der Waals surface area contributed by atoms with Gasteiger partial charge in [0.05, 0.1) is 11.4 Å². The molecule has 0 spiro atoms. The molecule has 1 fully saturated rings. The molecular formula is C17H22ClN5OS. The molecule has 1 amide bonds. The molecule has 134 valence electrons. The highest BCUT2D eigenvalue weighted by molar-refractivity contribution is 7.99. The molecule has 6 nitrogen and oxygen atoms in total. The van der Waals surface area contributed by atoms with Gasteiger partial charge in [-0.2, -0.15) is 0 Å². The number of pyridine rings is 1. The normalized spacial score (nSPS) is 15.3. The van der Waals surface area contributed by atoms with E-state index in [1.165, 1.54) is 43.9 Å². The van der Waals surface area contributed by atoms with Crippen molar-refractivity contribution in [2.75, 3.05) is 11.1 Å². The van der Waals surface area contributed by atoms with Gasteiger partial charge in [-0.15, -0.1) is 10.2 Å². The van der Waals surface area contributed by atoms with Crippen LogP contribution in [0.25, 0.3) is 0 Å². The van der Waals surface area contributed by atoms with Gasteiger partial charge in [-0.1, -0.05) is 42.6 Å². The summed E-state index contributed by atoms with van der Waals surface area (Å²) < 4.78 is 2.14. The topological polar surface area (TPSA) is 72.7 Å². The fourth-order valence-corrected chi connectivity index (χ4v) is 4.14. The van der Waals surface area contributed by atoms with Crippen LogP contribution < -0.4 is 5.32 Å². The fraction of sp³-hybridized carbons (Fsp3) is 0.529. The summed E-state index contributed by atoms with van der Waals surface area (Å²) in [5.41, 5.74) is 0.523. The summed E-state index contributed by atoms with van der Waals surface area (Å²) in [6.45, 7) is 2.91. The minimum atomic E-state index is -0.134. The molecule has 0 atom stereocenters. The van der Waals surface area contributed by atoms with E-state index in [1.54, 1.807) is 18.3 Å². The minimum Gasteiger partial charge on any atom is -0.323 e. The van der Waals surface area contributed by atoms with Crippen LogP contribution in [0.4, 0.5) is 5.69 Å². The van der Waals surface area contributed by atoms with Crippen LogP contribution in [0.5, 0.6) is 0 Å². The molecule has 0 aliphatic heterocycles. The molecule has 2 heterocycles. The lowest BCUT2D eigenvalue weighted by Crippen LogP contribution is -2.16. The van der Waals surface area contributed by atoms with E-state index in [0.717, 1.165) is 17.5 Å². The molecule has 0 unspecified atom stereocenters. The van der Waals surface area contributed by atoms with E-state index in [2.05, 4.69) is 32.0 Å². The van der Waals surface area contributed by atoms with Gasteiger partial charge in [-0.3, -0.25) is 4.79 Å². The average Bonchev–Trinajstić information content (AvgIpc) is 3.05. The highest BCUT2D eigenvalue weighted by atomic mass is 35.5. The number of carbonyl (C=O) groups excluding carboxylic acids is 1. The van der Waals surface area contributed by atoms with E-state index in [4.69, 9.17) is 11.6 Å². The maximum absolute atomic E-state index is 12.2. The zero-order valence-electron chi connectivity index (χ0n) is 14.2. The number of carbonyl (C=O) groups is 1. The third-order valence-corrected chi connectivity index (χ3v) is 5.67. The number of nitrogens with one attached hydrogen (secondary N) is 1. The largest absolute Gasteiger partial charge is 0.323 e. The van der Waals surface area contributed by atoms with Crippen molar-refractivity contribution in [1.82, 2.24) is 19.7 Å². The van der Waals surface area contributed by atoms with Crippen molar-refractivity contribution in [3.8, 4) is 0 Å². The predicted molar refractivity (Wildman–Crippen MR) is 100 cm³/mol. The van der Waals surface area contributed by atoms with E-state index in [0.29, 0.717) is 11.6 Å². The van der Waals surface area contributed by atoms with Crippen LogP contribution in [0, 0.1) is 0 Å². The Balaban J connectivity index is 1.62. The zero-order chi connectivity index (χ0) is 17.6. The highest BCUT2D eigenvalue weighted by Crippen LogP contribution is 2.33. The van der Waals surface area contributed by atoms with Crippen molar-refractivity contribution in [3.63, 3.8) is 0 Å². The summed E-state index contributed by atoms with van der Waals surface area (Å²) in [6, 6.07) is 3.46. The Hall–Kier alpha value is -1.60. The second-order valence-electron chi connectivity index (χ2n) is 6.10. The first-order valence-corrected chi connectivity index (χ1v) is 10.0. The lowest BCUT2D eigenvalue weighted by molar-refractivity contribution is -0.113. The number of amides is 1. The van der Waals surface area contributed by atoms with Crippen molar-refractivity contribution in [3.05, 3.63) is 29.3 Å². The summed E-state index contributed by atoms with van der Waals surface area (Å²) in [6.07, 6.45) is 7.79. The average molecular weight is 380 g/mol. The van der Waals surface area contributed by atoms with E-state index in [1.807, 2.05) is 0 Å². The molecule has 0 aromatic carbocycles. The number of halogens is 1. The van der Waals surface area contributed by atoms with Gasteiger partial charge >= 0.3 is 0 Å². The minimum absolute atomic E-state index is 0.134. The van der Waals surface area contributed by atoms with E-state index in [9.17, 15) is 4.79 Å². The lowest BCUT2D eigenvalue weighted by atomic mass is 9.89. The number of rotatable bonds is 6.